The van der Waals surface area contributed by atoms with Crippen LogP contribution in [0.1, 0.15) is 31.2 Å². The highest BCUT2D eigenvalue weighted by molar-refractivity contribution is 5.90. The maximum absolute atomic E-state index is 13.1. The summed E-state index contributed by atoms with van der Waals surface area (Å²) in [4.78, 5) is 30.9. The molecule has 32 heavy (non-hydrogen) atoms. The van der Waals surface area contributed by atoms with Crippen molar-refractivity contribution in [3.63, 3.8) is 0 Å². The number of nitrogens with zero attached hydrogens (tertiary/aromatic N) is 2. The summed E-state index contributed by atoms with van der Waals surface area (Å²) >= 11 is 0. The number of benzene rings is 2. The number of carbonyl (C=O) groups excluding carboxylic acids is 1. The fourth-order valence-electron chi connectivity index (χ4n) is 5.35. The molecule has 0 spiro atoms. The minimum absolute atomic E-state index is 0.0792. The molecular weight excluding hydrogens is 406 g/mol. The Labute approximate surface area is 185 Å². The number of fused-ring (bicyclic) bond motifs is 3. The molecular formula is C25H27N3O4. The first kappa shape index (κ1) is 19.9. The van der Waals surface area contributed by atoms with E-state index in [4.69, 9.17) is 9.15 Å². The first-order valence-electron chi connectivity index (χ1n) is 11.5. The molecule has 0 saturated carbocycles. The largest absolute Gasteiger partial charge is 0.456 e. The molecule has 7 nitrogen and oxygen atoms in total. The Hall–Kier alpha value is -2.74. The van der Waals surface area contributed by atoms with E-state index in [0.29, 0.717) is 34.1 Å². The average molecular weight is 434 g/mol. The lowest BCUT2D eigenvalue weighted by Gasteiger charge is -2.32. The molecule has 3 aliphatic rings. The van der Waals surface area contributed by atoms with Crippen molar-refractivity contribution in [1.29, 1.82) is 0 Å². The van der Waals surface area contributed by atoms with Crippen molar-refractivity contribution in [2.75, 3.05) is 26.2 Å². The van der Waals surface area contributed by atoms with Gasteiger partial charge in [-0.15, -0.1) is 0 Å². The number of ether oxygens (including phenoxy) is 1. The van der Waals surface area contributed by atoms with E-state index >= 15 is 0 Å². The Bertz CT molecular complexity index is 1250. The van der Waals surface area contributed by atoms with E-state index in [1.54, 1.807) is 24.3 Å². The van der Waals surface area contributed by atoms with Crippen LogP contribution in [-0.2, 0) is 9.53 Å². The summed E-state index contributed by atoms with van der Waals surface area (Å²) in [5.74, 6) is -0.714. The van der Waals surface area contributed by atoms with Crippen molar-refractivity contribution in [1.82, 2.24) is 15.1 Å². The Balaban J connectivity index is 1.23. The van der Waals surface area contributed by atoms with E-state index in [1.807, 2.05) is 25.1 Å². The lowest BCUT2D eigenvalue weighted by atomic mass is 9.99. The number of para-hydroxylation sites is 1. The maximum atomic E-state index is 13.1. The molecule has 5 atom stereocenters. The monoisotopic (exact) mass is 433 g/mol. The van der Waals surface area contributed by atoms with Gasteiger partial charge >= 0.3 is 5.97 Å². The molecule has 3 fully saturated rings. The SMILES string of the molecule is CC(C(=O)OC1CCN2CCCNC[C@@H]3[C@H]2N13)c1ccc2oc3ccccc3c(=O)c2c1. The lowest BCUT2D eigenvalue weighted by molar-refractivity contribution is -0.160. The molecule has 1 aromatic heterocycles. The highest BCUT2D eigenvalue weighted by Crippen LogP contribution is 2.40. The fourth-order valence-corrected chi connectivity index (χ4v) is 5.35. The molecule has 4 heterocycles. The summed E-state index contributed by atoms with van der Waals surface area (Å²) in [5.41, 5.74) is 1.78. The van der Waals surface area contributed by atoms with Gasteiger partial charge in [0, 0.05) is 26.1 Å². The van der Waals surface area contributed by atoms with Crippen molar-refractivity contribution in [3.05, 3.63) is 58.3 Å². The van der Waals surface area contributed by atoms with Crippen LogP contribution in [0.25, 0.3) is 21.9 Å². The van der Waals surface area contributed by atoms with Crippen LogP contribution in [0.15, 0.2) is 51.7 Å². The van der Waals surface area contributed by atoms with Gasteiger partial charge in [-0.2, -0.15) is 0 Å². The van der Waals surface area contributed by atoms with E-state index < -0.39 is 5.92 Å². The predicted molar refractivity (Wildman–Crippen MR) is 121 cm³/mol. The van der Waals surface area contributed by atoms with Crippen LogP contribution in [0.2, 0.25) is 0 Å². The molecule has 0 aliphatic carbocycles. The minimum Gasteiger partial charge on any atom is -0.456 e. The quantitative estimate of drug-likeness (QED) is 0.387. The molecule has 3 aliphatic heterocycles. The van der Waals surface area contributed by atoms with E-state index in [1.165, 1.54) is 0 Å². The normalized spacial score (nSPS) is 28.5. The Morgan fingerprint density at radius 2 is 2.00 bits per heavy atom. The van der Waals surface area contributed by atoms with Gasteiger partial charge in [-0.25, -0.2) is 4.90 Å². The molecule has 6 rings (SSSR count). The minimum atomic E-state index is -0.464. The van der Waals surface area contributed by atoms with E-state index in [9.17, 15) is 9.59 Å². The Morgan fingerprint density at radius 3 is 2.91 bits per heavy atom. The number of carbonyl (C=O) groups is 1. The second-order valence-electron chi connectivity index (χ2n) is 9.11. The number of hydrogen-bond donors (Lipinski definition) is 1. The van der Waals surface area contributed by atoms with Crippen molar-refractivity contribution in [3.8, 4) is 0 Å². The third-order valence-electron chi connectivity index (χ3n) is 7.17. The molecule has 0 bridgehead atoms. The standard InChI is InChI=1S/C25H27N3O4/c1-15(16-7-8-21-18(13-16)23(29)17-5-2-3-6-20(17)31-21)25(30)32-22-9-12-27-11-4-10-26-14-19-24(27)28(19)22/h2-3,5-8,13,15,19,22,24,26H,4,9-12,14H2,1H3/t15?,19-,22?,24-,28?/m1/s1. The molecule has 166 valence electrons. The highest BCUT2D eigenvalue weighted by atomic mass is 16.6. The van der Waals surface area contributed by atoms with Crippen LogP contribution in [0.3, 0.4) is 0 Å². The van der Waals surface area contributed by atoms with Crippen LogP contribution in [0.5, 0.6) is 0 Å². The average Bonchev–Trinajstić information content (AvgIpc) is 3.52. The number of rotatable bonds is 3. The van der Waals surface area contributed by atoms with E-state index in [2.05, 4.69) is 15.1 Å². The lowest BCUT2D eigenvalue weighted by Crippen LogP contribution is -2.44. The molecule has 1 N–H and O–H groups in total. The Kier molecular flexibility index (Phi) is 4.78. The number of nitrogens with one attached hydrogen (secondary N) is 1. The van der Waals surface area contributed by atoms with Gasteiger partial charge in [0.05, 0.1) is 28.9 Å². The van der Waals surface area contributed by atoms with Gasteiger partial charge < -0.3 is 14.5 Å². The summed E-state index contributed by atoms with van der Waals surface area (Å²) < 4.78 is 11.9. The maximum Gasteiger partial charge on any atom is 0.314 e. The summed E-state index contributed by atoms with van der Waals surface area (Å²) in [6.07, 6.45) is 2.21. The highest BCUT2D eigenvalue weighted by Gasteiger charge is 2.58. The van der Waals surface area contributed by atoms with Crippen LogP contribution >= 0.6 is 0 Å². The molecule has 3 saturated heterocycles. The van der Waals surface area contributed by atoms with Gasteiger partial charge in [-0.1, -0.05) is 18.2 Å². The summed E-state index contributed by atoms with van der Waals surface area (Å²) in [5, 5.41) is 4.54. The first-order valence-corrected chi connectivity index (χ1v) is 11.5. The van der Waals surface area contributed by atoms with Crippen molar-refractivity contribution in [2.45, 2.75) is 44.1 Å². The van der Waals surface area contributed by atoms with Crippen LogP contribution in [0.4, 0.5) is 0 Å². The number of hydrogen-bond acceptors (Lipinski definition) is 7. The number of esters is 1. The predicted octanol–water partition coefficient (Wildman–Crippen LogP) is 2.63. The van der Waals surface area contributed by atoms with Gasteiger partial charge in [0.25, 0.3) is 0 Å². The molecule has 0 amide bonds. The van der Waals surface area contributed by atoms with E-state index in [0.717, 1.165) is 44.6 Å². The zero-order valence-electron chi connectivity index (χ0n) is 18.1. The first-order chi connectivity index (χ1) is 15.6. The smallest absolute Gasteiger partial charge is 0.314 e. The van der Waals surface area contributed by atoms with Gasteiger partial charge in [0.15, 0.2) is 6.23 Å². The third-order valence-corrected chi connectivity index (χ3v) is 7.17. The summed E-state index contributed by atoms with van der Waals surface area (Å²) in [7, 11) is 0. The van der Waals surface area contributed by atoms with Crippen molar-refractivity contribution < 1.29 is 13.9 Å². The molecule has 3 unspecified atom stereocenters. The molecule has 3 aromatic rings. The summed E-state index contributed by atoms with van der Waals surface area (Å²) in [6.45, 7) is 5.89. The Morgan fingerprint density at radius 1 is 1.16 bits per heavy atom. The zero-order valence-corrected chi connectivity index (χ0v) is 18.1. The molecule has 2 aromatic carbocycles. The van der Waals surface area contributed by atoms with Gasteiger partial charge in [-0.3, -0.25) is 14.5 Å². The van der Waals surface area contributed by atoms with Gasteiger partial charge in [0.1, 0.15) is 11.2 Å². The van der Waals surface area contributed by atoms with Crippen LogP contribution in [-0.4, -0.2) is 60.4 Å². The summed E-state index contributed by atoms with van der Waals surface area (Å²) in [6, 6.07) is 13.0. The van der Waals surface area contributed by atoms with Crippen LogP contribution in [0, 0.1) is 0 Å². The molecule has 0 radical (unpaired) electrons. The second-order valence-corrected chi connectivity index (χ2v) is 9.11. The topological polar surface area (TPSA) is 74.8 Å². The van der Waals surface area contributed by atoms with Crippen molar-refractivity contribution in [2.24, 2.45) is 0 Å². The molecule has 7 heteroatoms. The van der Waals surface area contributed by atoms with Gasteiger partial charge in [0.2, 0.25) is 5.43 Å². The fraction of sp³-hybridized carbons (Fsp3) is 0.440. The zero-order chi connectivity index (χ0) is 21.8. The van der Waals surface area contributed by atoms with Gasteiger partial charge in [-0.05, 0) is 49.7 Å². The van der Waals surface area contributed by atoms with Crippen LogP contribution < -0.4 is 10.7 Å². The van der Waals surface area contributed by atoms with E-state index in [-0.39, 0.29) is 17.6 Å². The third kappa shape index (κ3) is 3.23. The van der Waals surface area contributed by atoms with Crippen molar-refractivity contribution >= 4 is 27.9 Å². The second kappa shape index (κ2) is 7.69.